The summed E-state index contributed by atoms with van der Waals surface area (Å²) in [6, 6.07) is 8.04. The van der Waals surface area contributed by atoms with Crippen molar-refractivity contribution in [2.45, 2.75) is 39.8 Å². The van der Waals surface area contributed by atoms with Crippen LogP contribution in [0.5, 0.6) is 5.75 Å². The van der Waals surface area contributed by atoms with Crippen LogP contribution in [0.3, 0.4) is 0 Å². The van der Waals surface area contributed by atoms with E-state index in [4.69, 9.17) is 39.5 Å². The topological polar surface area (TPSA) is 58.6 Å². The molecule has 1 N–H and O–H groups in total. The van der Waals surface area contributed by atoms with Gasteiger partial charge in [-0.2, -0.15) is 0 Å². The van der Waals surface area contributed by atoms with Gasteiger partial charge in [0, 0.05) is 18.6 Å². The van der Waals surface area contributed by atoms with Gasteiger partial charge in [0.2, 0.25) is 5.91 Å². The first-order chi connectivity index (χ1) is 14.2. The molecule has 0 saturated heterocycles. The number of rotatable bonds is 8. The van der Waals surface area contributed by atoms with Crippen molar-refractivity contribution < 1.29 is 14.3 Å². The second-order valence-corrected chi connectivity index (χ2v) is 8.16. The molecule has 0 unspecified atom stereocenters. The van der Waals surface area contributed by atoms with Crippen LogP contribution in [0.2, 0.25) is 15.1 Å². The Bertz CT molecular complexity index is 911. The van der Waals surface area contributed by atoms with Crippen molar-refractivity contribution in [2.75, 3.05) is 13.7 Å². The Kier molecular flexibility index (Phi) is 8.83. The van der Waals surface area contributed by atoms with Gasteiger partial charge < -0.3 is 15.0 Å². The predicted molar refractivity (Wildman–Crippen MR) is 122 cm³/mol. The summed E-state index contributed by atoms with van der Waals surface area (Å²) in [5.74, 6) is -0.0175. The number of aryl methyl sites for hydroxylation is 2. The lowest BCUT2D eigenvalue weighted by Crippen LogP contribution is -2.49. The van der Waals surface area contributed by atoms with Crippen molar-refractivity contribution in [1.82, 2.24) is 10.2 Å². The smallest absolute Gasteiger partial charge is 0.261 e. The van der Waals surface area contributed by atoms with Gasteiger partial charge >= 0.3 is 0 Å². The highest BCUT2D eigenvalue weighted by Crippen LogP contribution is 2.26. The molecule has 0 heterocycles. The third-order valence-electron chi connectivity index (χ3n) is 4.74. The maximum absolute atomic E-state index is 13.1. The van der Waals surface area contributed by atoms with Gasteiger partial charge in [-0.25, -0.2) is 0 Å². The van der Waals surface area contributed by atoms with Crippen molar-refractivity contribution >= 4 is 46.6 Å². The lowest BCUT2D eigenvalue weighted by molar-refractivity contribution is -0.142. The fourth-order valence-electron chi connectivity index (χ4n) is 3.14. The summed E-state index contributed by atoms with van der Waals surface area (Å²) in [6.07, 6.45) is 0.450. The van der Waals surface area contributed by atoms with Crippen LogP contribution in [0.15, 0.2) is 30.3 Å². The van der Waals surface area contributed by atoms with E-state index < -0.39 is 6.04 Å². The van der Waals surface area contributed by atoms with Gasteiger partial charge in [0.15, 0.2) is 6.61 Å². The normalized spacial score (nSPS) is 11.7. The van der Waals surface area contributed by atoms with Crippen LogP contribution < -0.4 is 10.1 Å². The fraction of sp³-hybridized carbons (Fsp3) is 0.364. The fourth-order valence-corrected chi connectivity index (χ4v) is 3.57. The van der Waals surface area contributed by atoms with Crippen LogP contribution in [-0.4, -0.2) is 36.4 Å². The minimum atomic E-state index is -0.644. The molecular formula is C22H25Cl3N2O3. The van der Waals surface area contributed by atoms with Crippen molar-refractivity contribution in [2.24, 2.45) is 0 Å². The van der Waals surface area contributed by atoms with Crippen LogP contribution in [-0.2, 0) is 16.1 Å². The van der Waals surface area contributed by atoms with Crippen molar-refractivity contribution in [3.05, 3.63) is 62.1 Å². The molecule has 0 spiro atoms. The summed E-state index contributed by atoms with van der Waals surface area (Å²) in [6.45, 7) is 5.58. The highest BCUT2D eigenvalue weighted by Gasteiger charge is 2.28. The summed E-state index contributed by atoms with van der Waals surface area (Å²) in [7, 11) is 1.54. The maximum atomic E-state index is 13.1. The first-order valence-electron chi connectivity index (χ1n) is 9.52. The molecule has 30 heavy (non-hydrogen) atoms. The van der Waals surface area contributed by atoms with Crippen molar-refractivity contribution in [1.29, 1.82) is 0 Å². The average molecular weight is 472 g/mol. The standard InChI is InChI=1S/C22H25Cl3N2O3/c1-5-19(22(29)26-4)27(11-15-6-7-17(23)18(24)10-15)20(28)12-30-16-8-13(2)21(25)14(3)9-16/h6-10,19H,5,11-12H2,1-4H3,(H,26,29)/t19-/m1/s1. The molecule has 0 saturated carbocycles. The van der Waals surface area contributed by atoms with E-state index in [0.29, 0.717) is 27.2 Å². The van der Waals surface area contributed by atoms with Gasteiger partial charge in [-0.05, 0) is 61.2 Å². The Balaban J connectivity index is 2.24. The molecule has 162 valence electrons. The highest BCUT2D eigenvalue weighted by molar-refractivity contribution is 6.42. The monoisotopic (exact) mass is 470 g/mol. The molecule has 0 aromatic heterocycles. The number of carbonyl (C=O) groups excluding carboxylic acids is 2. The average Bonchev–Trinajstić information content (AvgIpc) is 2.72. The second-order valence-electron chi connectivity index (χ2n) is 6.97. The number of hydrogen-bond acceptors (Lipinski definition) is 3. The first-order valence-corrected chi connectivity index (χ1v) is 10.7. The molecule has 0 aliphatic heterocycles. The minimum absolute atomic E-state index is 0.198. The summed E-state index contributed by atoms with van der Waals surface area (Å²) >= 11 is 18.3. The third-order valence-corrected chi connectivity index (χ3v) is 6.08. The Morgan fingerprint density at radius 1 is 1.07 bits per heavy atom. The lowest BCUT2D eigenvalue weighted by Gasteiger charge is -2.30. The molecule has 2 amide bonds. The summed E-state index contributed by atoms with van der Waals surface area (Å²) in [5.41, 5.74) is 2.49. The summed E-state index contributed by atoms with van der Waals surface area (Å²) < 4.78 is 5.73. The number of ether oxygens (including phenoxy) is 1. The van der Waals surface area contributed by atoms with Crippen LogP contribution in [0.25, 0.3) is 0 Å². The number of halogens is 3. The number of amides is 2. The zero-order valence-electron chi connectivity index (χ0n) is 17.4. The molecule has 1 atom stereocenters. The van der Waals surface area contributed by atoms with Crippen molar-refractivity contribution in [3.63, 3.8) is 0 Å². The molecule has 2 aromatic rings. The van der Waals surface area contributed by atoms with Crippen molar-refractivity contribution in [3.8, 4) is 5.75 Å². The lowest BCUT2D eigenvalue weighted by atomic mass is 10.1. The molecule has 0 aliphatic rings. The molecule has 0 fully saturated rings. The van der Waals surface area contributed by atoms with E-state index >= 15 is 0 Å². The SMILES string of the molecule is CC[C@H](C(=O)NC)N(Cc1ccc(Cl)c(Cl)c1)C(=O)COc1cc(C)c(Cl)c(C)c1. The molecule has 5 nitrogen and oxygen atoms in total. The van der Waals surface area contributed by atoms with Gasteiger partial charge in [0.1, 0.15) is 11.8 Å². The van der Waals surface area contributed by atoms with E-state index in [-0.39, 0.29) is 25.0 Å². The number of nitrogens with one attached hydrogen (secondary N) is 1. The molecule has 2 rings (SSSR count). The van der Waals surface area contributed by atoms with Gasteiger partial charge in [-0.3, -0.25) is 9.59 Å². The second kappa shape index (κ2) is 10.9. The van der Waals surface area contributed by atoms with Crippen LogP contribution in [0.4, 0.5) is 0 Å². The number of hydrogen-bond donors (Lipinski definition) is 1. The van der Waals surface area contributed by atoms with Crippen LogP contribution in [0.1, 0.15) is 30.0 Å². The van der Waals surface area contributed by atoms with E-state index in [1.54, 1.807) is 37.4 Å². The first kappa shape index (κ1) is 24.3. The predicted octanol–water partition coefficient (Wildman–Crippen LogP) is 5.20. The molecular weight excluding hydrogens is 447 g/mol. The zero-order valence-corrected chi connectivity index (χ0v) is 19.7. The van der Waals surface area contributed by atoms with E-state index in [0.717, 1.165) is 16.7 Å². The van der Waals surface area contributed by atoms with E-state index in [9.17, 15) is 9.59 Å². The quantitative estimate of drug-likeness (QED) is 0.576. The molecule has 0 bridgehead atoms. The zero-order chi connectivity index (χ0) is 22.4. The number of nitrogens with zero attached hydrogens (tertiary/aromatic N) is 1. The third kappa shape index (κ3) is 6.03. The maximum Gasteiger partial charge on any atom is 0.261 e. The Morgan fingerprint density at radius 2 is 1.70 bits per heavy atom. The number of benzene rings is 2. The molecule has 8 heteroatoms. The molecule has 2 aromatic carbocycles. The van der Waals surface area contributed by atoms with Gasteiger partial charge in [0.25, 0.3) is 5.91 Å². The minimum Gasteiger partial charge on any atom is -0.484 e. The van der Waals surface area contributed by atoms with Crippen LogP contribution >= 0.6 is 34.8 Å². The molecule has 0 aliphatic carbocycles. The Hall–Kier alpha value is -1.95. The van der Waals surface area contributed by atoms with E-state index in [1.807, 2.05) is 20.8 Å². The van der Waals surface area contributed by atoms with Gasteiger partial charge in [-0.15, -0.1) is 0 Å². The van der Waals surface area contributed by atoms with Gasteiger partial charge in [0.05, 0.1) is 10.0 Å². The van der Waals surface area contributed by atoms with E-state index in [2.05, 4.69) is 5.32 Å². The molecule has 0 radical (unpaired) electrons. The highest BCUT2D eigenvalue weighted by atomic mass is 35.5. The Morgan fingerprint density at radius 3 is 2.23 bits per heavy atom. The van der Waals surface area contributed by atoms with Crippen LogP contribution in [0, 0.1) is 13.8 Å². The summed E-state index contributed by atoms with van der Waals surface area (Å²) in [4.78, 5) is 27.0. The van der Waals surface area contributed by atoms with E-state index in [1.165, 1.54) is 4.90 Å². The Labute approximate surface area is 192 Å². The number of likely N-dealkylation sites (N-methyl/N-ethyl adjacent to an activating group) is 1. The van der Waals surface area contributed by atoms with Gasteiger partial charge in [-0.1, -0.05) is 47.8 Å². The largest absolute Gasteiger partial charge is 0.484 e. The number of carbonyl (C=O) groups is 2. The summed E-state index contributed by atoms with van der Waals surface area (Å²) in [5, 5.41) is 4.10.